The first-order valence-electron chi connectivity index (χ1n) is 9.81. The number of rotatable bonds is 7. The second kappa shape index (κ2) is 9.08. The summed E-state index contributed by atoms with van der Waals surface area (Å²) in [4.78, 5) is 15.0. The van der Waals surface area contributed by atoms with Gasteiger partial charge in [0.05, 0.1) is 13.2 Å². The van der Waals surface area contributed by atoms with Crippen LogP contribution in [-0.4, -0.2) is 57.0 Å². The zero-order valence-electron chi connectivity index (χ0n) is 15.9. The Bertz CT molecular complexity index is 790. The number of ether oxygens (including phenoxy) is 3. The molecular formula is C22H26N2O4. The second-order valence-electron chi connectivity index (χ2n) is 7.08. The molecule has 6 nitrogen and oxygen atoms in total. The van der Waals surface area contributed by atoms with E-state index in [0.29, 0.717) is 13.0 Å². The van der Waals surface area contributed by atoms with E-state index in [4.69, 9.17) is 14.2 Å². The van der Waals surface area contributed by atoms with Crippen molar-refractivity contribution in [2.75, 3.05) is 46.2 Å². The van der Waals surface area contributed by atoms with Crippen LogP contribution in [0, 0.1) is 0 Å². The van der Waals surface area contributed by atoms with E-state index in [9.17, 15) is 4.79 Å². The zero-order valence-corrected chi connectivity index (χ0v) is 15.9. The molecule has 148 valence electrons. The quantitative estimate of drug-likeness (QED) is 0.797. The molecule has 0 saturated carbocycles. The van der Waals surface area contributed by atoms with Gasteiger partial charge in [0.1, 0.15) is 0 Å². The van der Waals surface area contributed by atoms with Gasteiger partial charge < -0.3 is 19.5 Å². The third-order valence-corrected chi connectivity index (χ3v) is 5.24. The van der Waals surface area contributed by atoms with Gasteiger partial charge in [0.25, 0.3) is 0 Å². The van der Waals surface area contributed by atoms with Crippen molar-refractivity contribution in [3.05, 3.63) is 59.7 Å². The van der Waals surface area contributed by atoms with Crippen molar-refractivity contribution >= 4 is 5.91 Å². The molecule has 0 aromatic heterocycles. The van der Waals surface area contributed by atoms with E-state index in [1.807, 2.05) is 36.4 Å². The summed E-state index contributed by atoms with van der Waals surface area (Å²) in [6, 6.07) is 16.1. The maximum Gasteiger partial charge on any atom is 0.231 e. The molecule has 1 amide bonds. The minimum atomic E-state index is -0.0286. The van der Waals surface area contributed by atoms with Crippen molar-refractivity contribution in [2.24, 2.45) is 0 Å². The lowest BCUT2D eigenvalue weighted by Crippen LogP contribution is -2.41. The molecule has 1 atom stereocenters. The van der Waals surface area contributed by atoms with Gasteiger partial charge in [0.15, 0.2) is 11.5 Å². The fourth-order valence-corrected chi connectivity index (χ4v) is 3.68. The van der Waals surface area contributed by atoms with E-state index in [1.165, 1.54) is 0 Å². The predicted molar refractivity (Wildman–Crippen MR) is 106 cm³/mol. The third kappa shape index (κ3) is 4.64. The molecule has 1 fully saturated rings. The molecule has 1 N–H and O–H groups in total. The van der Waals surface area contributed by atoms with Crippen molar-refractivity contribution in [3.8, 4) is 11.5 Å². The van der Waals surface area contributed by atoms with E-state index in [2.05, 4.69) is 22.3 Å². The number of hydrogen-bond acceptors (Lipinski definition) is 5. The number of carbonyl (C=O) groups is 1. The van der Waals surface area contributed by atoms with Crippen LogP contribution in [0.5, 0.6) is 11.5 Å². The van der Waals surface area contributed by atoms with Gasteiger partial charge in [0.2, 0.25) is 12.7 Å². The monoisotopic (exact) mass is 382 g/mol. The molecule has 2 aromatic carbocycles. The molecule has 6 heteroatoms. The van der Waals surface area contributed by atoms with Crippen molar-refractivity contribution < 1.29 is 19.0 Å². The highest BCUT2D eigenvalue weighted by Crippen LogP contribution is 2.37. The average molecular weight is 382 g/mol. The molecular weight excluding hydrogens is 356 g/mol. The maximum absolute atomic E-state index is 12.7. The Balaban J connectivity index is 1.41. The smallest absolute Gasteiger partial charge is 0.231 e. The molecule has 2 aliphatic heterocycles. The molecule has 0 spiro atoms. The van der Waals surface area contributed by atoms with E-state index < -0.39 is 0 Å². The summed E-state index contributed by atoms with van der Waals surface area (Å²) in [5.41, 5.74) is 2.17. The fraction of sp³-hybridized carbons (Fsp3) is 0.409. The van der Waals surface area contributed by atoms with Crippen LogP contribution in [0.15, 0.2) is 48.5 Å². The Labute approximate surface area is 165 Å². The highest BCUT2D eigenvalue weighted by atomic mass is 16.7. The van der Waals surface area contributed by atoms with E-state index in [1.54, 1.807) is 0 Å². The van der Waals surface area contributed by atoms with Crippen LogP contribution < -0.4 is 14.8 Å². The summed E-state index contributed by atoms with van der Waals surface area (Å²) in [7, 11) is 0. The molecule has 1 saturated heterocycles. The van der Waals surface area contributed by atoms with Gasteiger partial charge in [-0.25, -0.2) is 0 Å². The van der Waals surface area contributed by atoms with E-state index >= 15 is 0 Å². The first-order chi connectivity index (χ1) is 13.8. The first kappa shape index (κ1) is 18.8. The summed E-state index contributed by atoms with van der Waals surface area (Å²) < 4.78 is 16.3. The van der Waals surface area contributed by atoms with Gasteiger partial charge in [0, 0.05) is 38.5 Å². The first-order valence-corrected chi connectivity index (χ1v) is 9.81. The lowest BCUT2D eigenvalue weighted by atomic mass is 9.88. The highest BCUT2D eigenvalue weighted by Gasteiger charge is 2.22. The summed E-state index contributed by atoms with van der Waals surface area (Å²) in [6.45, 7) is 5.16. The number of nitrogens with one attached hydrogen (secondary N) is 1. The topological polar surface area (TPSA) is 60.0 Å². The Hall–Kier alpha value is -2.57. The zero-order chi connectivity index (χ0) is 19.2. The van der Waals surface area contributed by atoms with Crippen LogP contribution in [-0.2, 0) is 9.53 Å². The molecule has 0 unspecified atom stereocenters. The fourth-order valence-electron chi connectivity index (χ4n) is 3.68. The standard InChI is InChI=1S/C22H26N2O4/c25-22(23-8-9-24-10-12-26-13-11-24)15-19(17-4-2-1-3-5-17)18-6-7-20-21(14-18)28-16-27-20/h1-7,14,19H,8-13,15-16H2,(H,23,25)/t19-/m1/s1. The van der Waals surface area contributed by atoms with E-state index in [-0.39, 0.29) is 18.6 Å². The second-order valence-corrected chi connectivity index (χ2v) is 7.08. The van der Waals surface area contributed by atoms with Gasteiger partial charge in [-0.3, -0.25) is 9.69 Å². The number of carbonyl (C=O) groups excluding carboxylic acids is 1. The van der Waals surface area contributed by atoms with Crippen LogP contribution in [0.3, 0.4) is 0 Å². The molecule has 2 aliphatic rings. The Morgan fingerprint density at radius 1 is 1.00 bits per heavy atom. The van der Waals surface area contributed by atoms with Crippen molar-refractivity contribution in [2.45, 2.75) is 12.3 Å². The van der Waals surface area contributed by atoms with Gasteiger partial charge in [-0.15, -0.1) is 0 Å². The van der Waals surface area contributed by atoms with Crippen LogP contribution in [0.1, 0.15) is 23.5 Å². The minimum Gasteiger partial charge on any atom is -0.454 e. The highest BCUT2D eigenvalue weighted by molar-refractivity contribution is 5.77. The summed E-state index contributed by atoms with van der Waals surface area (Å²) in [5, 5.41) is 3.07. The largest absolute Gasteiger partial charge is 0.454 e. The number of fused-ring (bicyclic) bond motifs is 1. The SMILES string of the molecule is O=C(C[C@H](c1ccccc1)c1ccc2c(c1)OCO2)NCCN1CCOCC1. The van der Waals surface area contributed by atoms with Crippen LogP contribution in [0.4, 0.5) is 0 Å². The van der Waals surface area contributed by atoms with E-state index in [0.717, 1.165) is 55.5 Å². The van der Waals surface area contributed by atoms with Gasteiger partial charge >= 0.3 is 0 Å². The summed E-state index contributed by atoms with van der Waals surface area (Å²) in [5.74, 6) is 1.52. The Morgan fingerprint density at radius 2 is 1.79 bits per heavy atom. The average Bonchev–Trinajstić information content (AvgIpc) is 3.21. The van der Waals surface area contributed by atoms with Crippen molar-refractivity contribution in [3.63, 3.8) is 0 Å². The van der Waals surface area contributed by atoms with Gasteiger partial charge in [-0.05, 0) is 23.3 Å². The van der Waals surface area contributed by atoms with Gasteiger partial charge in [-0.1, -0.05) is 36.4 Å². The van der Waals surface area contributed by atoms with Crippen LogP contribution >= 0.6 is 0 Å². The molecule has 2 aromatic rings. The van der Waals surface area contributed by atoms with Crippen LogP contribution in [0.25, 0.3) is 0 Å². The molecule has 2 heterocycles. The maximum atomic E-state index is 12.7. The van der Waals surface area contributed by atoms with Gasteiger partial charge in [-0.2, -0.15) is 0 Å². The number of hydrogen-bond donors (Lipinski definition) is 1. The van der Waals surface area contributed by atoms with Crippen molar-refractivity contribution in [1.82, 2.24) is 10.2 Å². The third-order valence-electron chi connectivity index (χ3n) is 5.24. The molecule has 0 aliphatic carbocycles. The lowest BCUT2D eigenvalue weighted by molar-refractivity contribution is -0.121. The molecule has 0 bridgehead atoms. The summed E-state index contributed by atoms with van der Waals surface area (Å²) >= 11 is 0. The minimum absolute atomic E-state index is 0.0286. The number of amides is 1. The number of nitrogens with zero attached hydrogens (tertiary/aromatic N) is 1. The predicted octanol–water partition coefficient (Wildman–Crippen LogP) is 2.39. The normalized spacial score (nSPS) is 17.3. The number of benzene rings is 2. The molecule has 28 heavy (non-hydrogen) atoms. The van der Waals surface area contributed by atoms with Crippen LogP contribution in [0.2, 0.25) is 0 Å². The van der Waals surface area contributed by atoms with Crippen molar-refractivity contribution in [1.29, 1.82) is 0 Å². The molecule has 4 rings (SSSR count). The lowest BCUT2D eigenvalue weighted by Gasteiger charge is -2.26. The Kier molecular flexibility index (Phi) is 6.09. The molecule has 0 radical (unpaired) electrons. The Morgan fingerprint density at radius 3 is 2.61 bits per heavy atom. The summed E-state index contributed by atoms with van der Waals surface area (Å²) in [6.07, 6.45) is 0.396. The number of morpholine rings is 1.